The third-order valence-corrected chi connectivity index (χ3v) is 3.47. The van der Waals surface area contributed by atoms with Gasteiger partial charge in [0.05, 0.1) is 12.7 Å². The summed E-state index contributed by atoms with van der Waals surface area (Å²) in [6.07, 6.45) is 3.20. The van der Waals surface area contributed by atoms with E-state index in [1.807, 2.05) is 4.90 Å². The van der Waals surface area contributed by atoms with Crippen LogP contribution in [-0.2, 0) is 4.79 Å². The van der Waals surface area contributed by atoms with Crippen molar-refractivity contribution in [1.29, 1.82) is 0 Å². The molecule has 15 heavy (non-hydrogen) atoms. The zero-order valence-electron chi connectivity index (χ0n) is 10.4. The highest BCUT2D eigenvalue weighted by molar-refractivity contribution is 5.83. The molecular weight excluding hydrogens is 188 g/mol. The molecule has 0 aliphatic carbocycles. The Morgan fingerprint density at radius 1 is 1.47 bits per heavy atom. The van der Waals surface area contributed by atoms with Crippen LogP contribution in [-0.4, -0.2) is 29.6 Å². The SMILES string of the molecule is CCC(C)CC(C)N1CNC(CC)C1=O. The van der Waals surface area contributed by atoms with E-state index < -0.39 is 0 Å². The molecule has 1 fully saturated rings. The van der Waals surface area contributed by atoms with Crippen molar-refractivity contribution in [3.05, 3.63) is 0 Å². The molecule has 0 radical (unpaired) electrons. The van der Waals surface area contributed by atoms with Crippen LogP contribution in [0.3, 0.4) is 0 Å². The summed E-state index contributed by atoms with van der Waals surface area (Å²) in [4.78, 5) is 13.9. The van der Waals surface area contributed by atoms with Crippen LogP contribution in [0.5, 0.6) is 0 Å². The summed E-state index contributed by atoms with van der Waals surface area (Å²) in [7, 11) is 0. The van der Waals surface area contributed by atoms with Gasteiger partial charge >= 0.3 is 0 Å². The largest absolute Gasteiger partial charge is 0.326 e. The Kier molecular flexibility index (Phi) is 4.58. The third kappa shape index (κ3) is 2.94. The molecule has 3 nitrogen and oxygen atoms in total. The molecule has 0 aromatic rings. The lowest BCUT2D eigenvalue weighted by Crippen LogP contribution is -2.37. The zero-order chi connectivity index (χ0) is 11.4. The predicted octanol–water partition coefficient (Wildman–Crippen LogP) is 1.98. The summed E-state index contributed by atoms with van der Waals surface area (Å²) in [6.45, 7) is 9.40. The molecule has 0 bridgehead atoms. The normalized spacial score (nSPS) is 25.7. The van der Waals surface area contributed by atoms with E-state index in [-0.39, 0.29) is 11.9 Å². The molecule has 1 saturated heterocycles. The maximum atomic E-state index is 11.9. The van der Waals surface area contributed by atoms with E-state index in [1.165, 1.54) is 6.42 Å². The molecule has 1 heterocycles. The number of hydrogen-bond acceptors (Lipinski definition) is 2. The monoisotopic (exact) mass is 212 g/mol. The van der Waals surface area contributed by atoms with Gasteiger partial charge in [0.25, 0.3) is 0 Å². The smallest absolute Gasteiger partial charge is 0.241 e. The summed E-state index contributed by atoms with van der Waals surface area (Å²) in [6, 6.07) is 0.431. The number of nitrogens with zero attached hydrogens (tertiary/aromatic N) is 1. The number of hydrogen-bond donors (Lipinski definition) is 1. The number of carbonyl (C=O) groups is 1. The fourth-order valence-corrected chi connectivity index (χ4v) is 2.14. The van der Waals surface area contributed by atoms with Crippen molar-refractivity contribution in [3.63, 3.8) is 0 Å². The summed E-state index contributed by atoms with van der Waals surface area (Å²) in [5.74, 6) is 0.988. The lowest BCUT2D eigenvalue weighted by Gasteiger charge is -2.26. The molecule has 0 aromatic carbocycles. The minimum Gasteiger partial charge on any atom is -0.326 e. The van der Waals surface area contributed by atoms with E-state index in [2.05, 4.69) is 33.0 Å². The lowest BCUT2D eigenvalue weighted by molar-refractivity contribution is -0.130. The van der Waals surface area contributed by atoms with Crippen molar-refractivity contribution in [3.8, 4) is 0 Å². The molecular formula is C12H24N2O. The summed E-state index contributed by atoms with van der Waals surface area (Å²) < 4.78 is 0. The Morgan fingerprint density at radius 2 is 2.13 bits per heavy atom. The van der Waals surface area contributed by atoms with Crippen LogP contribution < -0.4 is 5.32 Å². The second-order valence-electron chi connectivity index (χ2n) is 4.73. The topological polar surface area (TPSA) is 32.3 Å². The summed E-state index contributed by atoms with van der Waals surface area (Å²) in [5.41, 5.74) is 0. The van der Waals surface area contributed by atoms with Crippen molar-refractivity contribution >= 4 is 5.91 Å². The minimum atomic E-state index is 0.0596. The average Bonchev–Trinajstić information content (AvgIpc) is 2.59. The van der Waals surface area contributed by atoms with Crippen LogP contribution in [0.2, 0.25) is 0 Å². The van der Waals surface area contributed by atoms with E-state index in [4.69, 9.17) is 0 Å². The van der Waals surface area contributed by atoms with Gasteiger partial charge in [0.2, 0.25) is 5.91 Å². The Morgan fingerprint density at radius 3 is 2.60 bits per heavy atom. The van der Waals surface area contributed by atoms with Gasteiger partial charge in [-0.05, 0) is 25.7 Å². The van der Waals surface area contributed by atoms with Gasteiger partial charge in [0.1, 0.15) is 0 Å². The van der Waals surface area contributed by atoms with Crippen LogP contribution >= 0.6 is 0 Å². The molecule has 1 rings (SSSR count). The van der Waals surface area contributed by atoms with Crippen LogP contribution in [0, 0.1) is 5.92 Å². The van der Waals surface area contributed by atoms with E-state index >= 15 is 0 Å². The maximum Gasteiger partial charge on any atom is 0.241 e. The van der Waals surface area contributed by atoms with Gasteiger partial charge in [-0.1, -0.05) is 27.2 Å². The molecule has 3 unspecified atom stereocenters. The van der Waals surface area contributed by atoms with Crippen molar-refractivity contribution < 1.29 is 4.79 Å². The quantitative estimate of drug-likeness (QED) is 0.755. The molecule has 1 amide bonds. The third-order valence-electron chi connectivity index (χ3n) is 3.47. The molecule has 1 aliphatic heterocycles. The highest BCUT2D eigenvalue weighted by atomic mass is 16.2. The second kappa shape index (κ2) is 5.50. The molecule has 0 aromatic heterocycles. The number of rotatable bonds is 5. The van der Waals surface area contributed by atoms with Gasteiger partial charge in [0.15, 0.2) is 0 Å². The van der Waals surface area contributed by atoms with Crippen molar-refractivity contribution in [2.24, 2.45) is 5.92 Å². The van der Waals surface area contributed by atoms with Gasteiger partial charge in [-0.3, -0.25) is 10.1 Å². The Hall–Kier alpha value is -0.570. The van der Waals surface area contributed by atoms with Gasteiger partial charge in [0, 0.05) is 6.04 Å². The molecule has 3 atom stereocenters. The Bertz CT molecular complexity index is 218. The van der Waals surface area contributed by atoms with Gasteiger partial charge < -0.3 is 4.90 Å². The molecule has 0 spiro atoms. The Balaban J connectivity index is 2.47. The molecule has 88 valence electrons. The van der Waals surface area contributed by atoms with Crippen molar-refractivity contribution in [2.75, 3.05) is 6.67 Å². The number of carbonyl (C=O) groups excluding carboxylic acids is 1. The average molecular weight is 212 g/mol. The summed E-state index contributed by atoms with van der Waals surface area (Å²) in [5, 5.41) is 3.25. The first-order valence-electron chi connectivity index (χ1n) is 6.13. The summed E-state index contributed by atoms with van der Waals surface area (Å²) >= 11 is 0. The first kappa shape index (κ1) is 12.5. The lowest BCUT2D eigenvalue weighted by atomic mass is 9.99. The minimum absolute atomic E-state index is 0.0596. The molecule has 3 heteroatoms. The van der Waals surface area contributed by atoms with E-state index in [0.29, 0.717) is 12.0 Å². The van der Waals surface area contributed by atoms with Gasteiger partial charge in [-0.25, -0.2) is 0 Å². The van der Waals surface area contributed by atoms with Crippen LogP contribution in [0.1, 0.15) is 47.0 Å². The van der Waals surface area contributed by atoms with Crippen molar-refractivity contribution in [1.82, 2.24) is 10.2 Å². The number of amides is 1. The van der Waals surface area contributed by atoms with E-state index in [0.717, 1.165) is 19.5 Å². The Labute approximate surface area is 93.2 Å². The highest BCUT2D eigenvalue weighted by Gasteiger charge is 2.32. The van der Waals surface area contributed by atoms with Gasteiger partial charge in [-0.2, -0.15) is 0 Å². The fourth-order valence-electron chi connectivity index (χ4n) is 2.14. The van der Waals surface area contributed by atoms with Crippen molar-refractivity contribution in [2.45, 2.75) is 59.0 Å². The van der Waals surface area contributed by atoms with Gasteiger partial charge in [-0.15, -0.1) is 0 Å². The number of nitrogens with one attached hydrogen (secondary N) is 1. The predicted molar refractivity (Wildman–Crippen MR) is 62.5 cm³/mol. The standard InChI is InChI=1S/C12H24N2O/c1-5-9(3)7-10(4)14-8-13-11(6-2)12(14)15/h9-11,13H,5-8H2,1-4H3. The van der Waals surface area contributed by atoms with Crippen LogP contribution in [0.25, 0.3) is 0 Å². The van der Waals surface area contributed by atoms with Crippen LogP contribution in [0.15, 0.2) is 0 Å². The van der Waals surface area contributed by atoms with E-state index in [9.17, 15) is 4.79 Å². The second-order valence-corrected chi connectivity index (χ2v) is 4.73. The zero-order valence-corrected chi connectivity index (χ0v) is 10.4. The fraction of sp³-hybridized carbons (Fsp3) is 0.917. The first-order valence-corrected chi connectivity index (χ1v) is 6.13. The molecule has 0 saturated carbocycles. The van der Waals surface area contributed by atoms with E-state index in [1.54, 1.807) is 0 Å². The highest BCUT2D eigenvalue weighted by Crippen LogP contribution is 2.18. The first-order chi connectivity index (χ1) is 7.10. The molecule has 1 N–H and O–H groups in total. The van der Waals surface area contributed by atoms with Crippen LogP contribution in [0.4, 0.5) is 0 Å². The molecule has 1 aliphatic rings. The maximum absolute atomic E-state index is 11.9.